The molecule has 0 bridgehead atoms. The van der Waals surface area contributed by atoms with Gasteiger partial charge >= 0.3 is 6.18 Å². The number of hydrogen-bond donors (Lipinski definition) is 1. The number of benzene rings is 1. The molecule has 2 rings (SSSR count). The van der Waals surface area contributed by atoms with Gasteiger partial charge in [-0.15, -0.1) is 0 Å². The van der Waals surface area contributed by atoms with Gasteiger partial charge in [0.2, 0.25) is 0 Å². The fraction of sp³-hybridized carbons (Fsp3) is 0.286. The molecule has 0 radical (unpaired) electrons. The first-order valence-electron chi connectivity index (χ1n) is 6.83. The second-order valence-electron chi connectivity index (χ2n) is 4.86. The zero-order chi connectivity index (χ0) is 18.9. The van der Waals surface area contributed by atoms with Crippen LogP contribution in [0, 0.1) is 0 Å². The minimum atomic E-state index is -4.62. The molecule has 0 fully saturated rings. The highest BCUT2D eigenvalue weighted by Gasteiger charge is 2.33. The second kappa shape index (κ2) is 7.35. The van der Waals surface area contributed by atoms with Crippen molar-refractivity contribution in [3.63, 3.8) is 0 Å². The monoisotopic (exact) mass is 413 g/mol. The van der Waals surface area contributed by atoms with Crippen LogP contribution in [0.15, 0.2) is 17.0 Å². The molecule has 2 aromatic rings. The Hall–Kier alpha value is -1.58. The minimum Gasteiger partial charge on any atom is -0.369 e. The Morgan fingerprint density at radius 2 is 1.88 bits per heavy atom. The molecule has 25 heavy (non-hydrogen) atoms. The van der Waals surface area contributed by atoms with E-state index in [-0.39, 0.29) is 32.1 Å². The van der Waals surface area contributed by atoms with E-state index in [1.54, 1.807) is 6.92 Å². The molecule has 1 atom stereocenters. The van der Waals surface area contributed by atoms with Crippen molar-refractivity contribution >= 4 is 46.1 Å². The SMILES string of the molecule is CCNc1c(S(C)=O)c(C=O)nn1-c1c(Cl)cc(C(F)(F)F)cc1Cl. The van der Waals surface area contributed by atoms with Crippen LogP contribution in [0.4, 0.5) is 19.0 Å². The van der Waals surface area contributed by atoms with Gasteiger partial charge in [0.15, 0.2) is 6.29 Å². The predicted molar refractivity (Wildman–Crippen MR) is 90.5 cm³/mol. The topological polar surface area (TPSA) is 64.0 Å². The van der Waals surface area contributed by atoms with Crippen LogP contribution in [0.2, 0.25) is 10.0 Å². The largest absolute Gasteiger partial charge is 0.416 e. The standard InChI is InChI=1S/C14H12Cl2F3N3O2S/c1-3-20-13-12(25(2)24)10(6-23)21-22(13)11-8(15)4-7(5-9(11)16)14(17,18)19/h4-6,20H,3H2,1-2H3. The molecule has 1 N–H and O–H groups in total. The first kappa shape index (κ1) is 19.7. The Morgan fingerprint density at radius 1 is 1.32 bits per heavy atom. The molecule has 0 aliphatic carbocycles. The molecular formula is C14H12Cl2F3N3O2S. The minimum absolute atomic E-state index is 0.0490. The Balaban J connectivity index is 2.78. The molecule has 5 nitrogen and oxygen atoms in total. The summed E-state index contributed by atoms with van der Waals surface area (Å²) in [5.74, 6) is 0.175. The Kier molecular flexibility index (Phi) is 5.80. The van der Waals surface area contributed by atoms with Crippen molar-refractivity contribution < 1.29 is 22.2 Å². The molecule has 0 aliphatic rings. The summed E-state index contributed by atoms with van der Waals surface area (Å²) in [5.41, 5.74) is -1.19. The number of hydrogen-bond acceptors (Lipinski definition) is 4. The summed E-state index contributed by atoms with van der Waals surface area (Å²) in [4.78, 5) is 11.4. The molecule has 0 spiro atoms. The highest BCUT2D eigenvalue weighted by molar-refractivity contribution is 7.84. The lowest BCUT2D eigenvalue weighted by molar-refractivity contribution is -0.137. The molecule has 0 saturated heterocycles. The number of alkyl halides is 3. The van der Waals surface area contributed by atoms with Crippen LogP contribution in [-0.2, 0) is 17.0 Å². The van der Waals surface area contributed by atoms with Crippen molar-refractivity contribution in [1.29, 1.82) is 0 Å². The van der Waals surface area contributed by atoms with Crippen LogP contribution in [0.3, 0.4) is 0 Å². The van der Waals surface area contributed by atoms with Crippen LogP contribution in [-0.4, -0.2) is 33.1 Å². The molecule has 1 aromatic heterocycles. The average Bonchev–Trinajstić information content (AvgIpc) is 2.84. The number of anilines is 1. The molecule has 1 aromatic carbocycles. The number of carbonyl (C=O) groups is 1. The highest BCUT2D eigenvalue weighted by atomic mass is 35.5. The van der Waals surface area contributed by atoms with Crippen LogP contribution in [0.1, 0.15) is 23.0 Å². The van der Waals surface area contributed by atoms with E-state index in [4.69, 9.17) is 23.2 Å². The third-order valence-electron chi connectivity index (χ3n) is 3.17. The summed E-state index contributed by atoms with van der Waals surface area (Å²) in [5, 5.41) is 6.26. The van der Waals surface area contributed by atoms with E-state index in [1.807, 2.05) is 0 Å². The zero-order valence-corrected chi connectivity index (χ0v) is 15.3. The maximum atomic E-state index is 12.9. The van der Waals surface area contributed by atoms with Gasteiger partial charge in [0.05, 0.1) is 26.4 Å². The maximum absolute atomic E-state index is 12.9. The van der Waals surface area contributed by atoms with Gasteiger partial charge in [-0.2, -0.15) is 18.3 Å². The number of carbonyl (C=O) groups excluding carboxylic acids is 1. The van der Waals surface area contributed by atoms with Crippen LogP contribution in [0.5, 0.6) is 0 Å². The van der Waals surface area contributed by atoms with Gasteiger partial charge < -0.3 is 5.32 Å². The van der Waals surface area contributed by atoms with Crippen molar-refractivity contribution in [3.8, 4) is 5.69 Å². The van der Waals surface area contributed by atoms with E-state index in [9.17, 15) is 22.2 Å². The molecule has 0 amide bonds. The fourth-order valence-electron chi connectivity index (χ4n) is 2.20. The highest BCUT2D eigenvalue weighted by Crippen LogP contribution is 2.39. The zero-order valence-electron chi connectivity index (χ0n) is 12.9. The Morgan fingerprint density at radius 3 is 2.28 bits per heavy atom. The van der Waals surface area contributed by atoms with Crippen LogP contribution < -0.4 is 5.32 Å². The van der Waals surface area contributed by atoms with Crippen molar-refractivity contribution in [2.45, 2.75) is 18.0 Å². The Labute approximate surface area is 153 Å². The van der Waals surface area contributed by atoms with Gasteiger partial charge in [-0.3, -0.25) is 9.00 Å². The quantitative estimate of drug-likeness (QED) is 0.746. The molecule has 11 heteroatoms. The van der Waals surface area contributed by atoms with E-state index in [0.717, 1.165) is 4.68 Å². The number of aldehydes is 1. The summed E-state index contributed by atoms with van der Waals surface area (Å²) in [6, 6.07) is 1.42. The number of nitrogens with zero attached hydrogens (tertiary/aromatic N) is 2. The first-order chi connectivity index (χ1) is 11.6. The van der Waals surface area contributed by atoms with Gasteiger partial charge in [0.25, 0.3) is 0 Å². The second-order valence-corrected chi connectivity index (χ2v) is 6.99. The van der Waals surface area contributed by atoms with Gasteiger partial charge in [-0.1, -0.05) is 23.2 Å². The molecule has 136 valence electrons. The third kappa shape index (κ3) is 3.83. The molecule has 0 saturated carbocycles. The predicted octanol–water partition coefficient (Wildman–Crippen LogP) is 4.18. The van der Waals surface area contributed by atoms with E-state index in [1.165, 1.54) is 6.26 Å². The van der Waals surface area contributed by atoms with Gasteiger partial charge in [0, 0.05) is 12.8 Å². The third-order valence-corrected chi connectivity index (χ3v) is 4.72. The lowest BCUT2D eigenvalue weighted by Crippen LogP contribution is -2.10. The summed E-state index contributed by atoms with van der Waals surface area (Å²) in [6.45, 7) is 2.13. The van der Waals surface area contributed by atoms with Gasteiger partial charge in [-0.25, -0.2) is 4.68 Å². The number of nitrogens with one attached hydrogen (secondary N) is 1. The average molecular weight is 414 g/mol. The van der Waals surface area contributed by atoms with Gasteiger partial charge in [0.1, 0.15) is 22.1 Å². The summed E-state index contributed by atoms with van der Waals surface area (Å²) in [7, 11) is -1.58. The number of halogens is 5. The molecule has 1 heterocycles. The van der Waals surface area contributed by atoms with Crippen LogP contribution in [0.25, 0.3) is 5.69 Å². The summed E-state index contributed by atoms with van der Waals surface area (Å²) < 4.78 is 51.7. The van der Waals surface area contributed by atoms with Crippen molar-refractivity contribution in [2.75, 3.05) is 18.1 Å². The maximum Gasteiger partial charge on any atom is 0.416 e. The van der Waals surface area contributed by atoms with Crippen LogP contribution >= 0.6 is 23.2 Å². The molecule has 1 unspecified atom stereocenters. The van der Waals surface area contributed by atoms with Crippen molar-refractivity contribution in [1.82, 2.24) is 9.78 Å². The Bertz CT molecular complexity index is 830. The first-order valence-corrected chi connectivity index (χ1v) is 9.15. The van der Waals surface area contributed by atoms with E-state index in [0.29, 0.717) is 25.0 Å². The van der Waals surface area contributed by atoms with E-state index >= 15 is 0 Å². The number of aromatic nitrogens is 2. The number of rotatable bonds is 5. The fourth-order valence-corrected chi connectivity index (χ4v) is 3.66. The summed E-state index contributed by atoms with van der Waals surface area (Å²) in [6.07, 6.45) is -2.87. The van der Waals surface area contributed by atoms with E-state index in [2.05, 4.69) is 10.4 Å². The smallest absolute Gasteiger partial charge is 0.369 e. The van der Waals surface area contributed by atoms with Crippen molar-refractivity contribution in [3.05, 3.63) is 33.4 Å². The van der Waals surface area contributed by atoms with Crippen molar-refractivity contribution in [2.24, 2.45) is 0 Å². The summed E-state index contributed by atoms with van der Waals surface area (Å²) >= 11 is 12.0. The lowest BCUT2D eigenvalue weighted by Gasteiger charge is -2.15. The molecular weight excluding hydrogens is 402 g/mol. The normalized spacial score (nSPS) is 12.9. The van der Waals surface area contributed by atoms with E-state index < -0.39 is 22.5 Å². The lowest BCUT2D eigenvalue weighted by atomic mass is 10.2. The molecule has 0 aliphatic heterocycles. The van der Waals surface area contributed by atoms with Gasteiger partial charge in [-0.05, 0) is 19.1 Å².